The van der Waals surface area contributed by atoms with Crippen LogP contribution in [0, 0.1) is 0 Å². The number of phenolic OH excluding ortho intramolecular Hbond substituents is 1. The number of amides is 1. The number of aromatic nitrogens is 2. The van der Waals surface area contributed by atoms with Gasteiger partial charge in [-0.3, -0.25) is 4.79 Å². The van der Waals surface area contributed by atoms with Crippen molar-refractivity contribution in [3.63, 3.8) is 0 Å². The van der Waals surface area contributed by atoms with Crippen LogP contribution >= 0.6 is 0 Å². The maximum absolute atomic E-state index is 11.9. The number of pyridine rings is 1. The summed E-state index contributed by atoms with van der Waals surface area (Å²) in [5, 5.41) is 12.4. The lowest BCUT2D eigenvalue weighted by Crippen LogP contribution is -2.22. The number of hydrogen-bond acceptors (Lipinski definition) is 3. The number of benzene rings is 1. The lowest BCUT2D eigenvalue weighted by atomic mass is 10.2. The van der Waals surface area contributed by atoms with Gasteiger partial charge in [0.2, 0.25) is 0 Å². The summed E-state index contributed by atoms with van der Waals surface area (Å²) < 4.78 is 1.89. The molecule has 5 nitrogen and oxygen atoms in total. The lowest BCUT2D eigenvalue weighted by Gasteiger charge is -2.04. The summed E-state index contributed by atoms with van der Waals surface area (Å²) in [5.41, 5.74) is 1.86. The van der Waals surface area contributed by atoms with Crippen LogP contribution in [0.3, 0.4) is 0 Å². The van der Waals surface area contributed by atoms with E-state index >= 15 is 0 Å². The fourth-order valence-electron chi connectivity index (χ4n) is 2.00. The smallest absolute Gasteiger partial charge is 0.255 e. The van der Waals surface area contributed by atoms with E-state index in [9.17, 15) is 9.90 Å². The Balaban J connectivity index is 1.73. The first-order valence-corrected chi connectivity index (χ1v) is 6.23. The Morgan fingerprint density at radius 2 is 2.00 bits per heavy atom. The van der Waals surface area contributed by atoms with E-state index in [0.29, 0.717) is 6.54 Å². The molecule has 0 bridgehead atoms. The van der Waals surface area contributed by atoms with Gasteiger partial charge in [-0.2, -0.15) is 0 Å². The van der Waals surface area contributed by atoms with E-state index in [-0.39, 0.29) is 17.2 Å². The molecular formula is C15H13N3O2. The number of para-hydroxylation sites is 1. The number of fused-ring (bicyclic) bond motifs is 1. The zero-order chi connectivity index (χ0) is 13.9. The molecule has 100 valence electrons. The molecule has 0 saturated carbocycles. The quantitative estimate of drug-likeness (QED) is 0.762. The van der Waals surface area contributed by atoms with Crippen molar-refractivity contribution in [2.45, 2.75) is 6.54 Å². The Morgan fingerprint density at radius 1 is 1.20 bits per heavy atom. The normalized spacial score (nSPS) is 10.6. The predicted molar refractivity (Wildman–Crippen MR) is 74.5 cm³/mol. The van der Waals surface area contributed by atoms with Crippen LogP contribution in [0.2, 0.25) is 0 Å². The molecule has 0 unspecified atom stereocenters. The van der Waals surface area contributed by atoms with E-state index < -0.39 is 0 Å². The third-order valence-electron chi connectivity index (χ3n) is 2.99. The molecule has 0 radical (unpaired) electrons. The second kappa shape index (κ2) is 5.05. The molecule has 20 heavy (non-hydrogen) atoms. The number of rotatable bonds is 3. The lowest BCUT2D eigenvalue weighted by molar-refractivity contribution is 0.0948. The Hall–Kier alpha value is -2.82. The minimum atomic E-state index is -0.319. The molecule has 0 aliphatic heterocycles. The van der Waals surface area contributed by atoms with Gasteiger partial charge in [0.05, 0.1) is 17.8 Å². The van der Waals surface area contributed by atoms with E-state index in [0.717, 1.165) is 11.3 Å². The van der Waals surface area contributed by atoms with Crippen LogP contribution in [0.1, 0.15) is 16.1 Å². The highest BCUT2D eigenvalue weighted by Crippen LogP contribution is 2.15. The Bertz CT molecular complexity index is 731. The Kier molecular flexibility index (Phi) is 3.09. The Morgan fingerprint density at radius 3 is 2.80 bits per heavy atom. The van der Waals surface area contributed by atoms with Gasteiger partial charge in [-0.05, 0) is 24.3 Å². The first kappa shape index (κ1) is 12.2. The highest BCUT2D eigenvalue weighted by molar-refractivity contribution is 5.96. The molecule has 0 fully saturated rings. The molecule has 2 aromatic heterocycles. The molecule has 0 saturated heterocycles. The van der Waals surface area contributed by atoms with Gasteiger partial charge in [0.15, 0.2) is 0 Å². The zero-order valence-corrected chi connectivity index (χ0v) is 10.7. The zero-order valence-electron chi connectivity index (χ0n) is 10.7. The maximum Gasteiger partial charge on any atom is 0.255 e. The van der Waals surface area contributed by atoms with Gasteiger partial charge in [-0.15, -0.1) is 0 Å². The average Bonchev–Trinajstić information content (AvgIpc) is 2.88. The fraction of sp³-hybridized carbons (Fsp3) is 0.0667. The van der Waals surface area contributed by atoms with Crippen LogP contribution in [0.5, 0.6) is 5.75 Å². The SMILES string of the molecule is O=C(NCc1cn2ccccc2n1)c1ccccc1O. The van der Waals surface area contributed by atoms with Crippen molar-refractivity contribution < 1.29 is 9.90 Å². The van der Waals surface area contributed by atoms with Crippen molar-refractivity contribution >= 4 is 11.6 Å². The van der Waals surface area contributed by atoms with Crippen molar-refractivity contribution in [1.29, 1.82) is 0 Å². The number of phenols is 1. The first-order valence-electron chi connectivity index (χ1n) is 6.23. The van der Waals surface area contributed by atoms with E-state index in [1.165, 1.54) is 6.07 Å². The molecule has 2 N–H and O–H groups in total. The topological polar surface area (TPSA) is 66.6 Å². The minimum Gasteiger partial charge on any atom is -0.507 e. The van der Waals surface area contributed by atoms with Gasteiger partial charge in [0, 0.05) is 12.4 Å². The van der Waals surface area contributed by atoms with Crippen molar-refractivity contribution in [3.05, 3.63) is 66.1 Å². The monoisotopic (exact) mass is 267 g/mol. The summed E-state index contributed by atoms with van der Waals surface area (Å²) in [6.07, 6.45) is 3.76. The molecule has 3 aromatic rings. The molecule has 5 heteroatoms. The van der Waals surface area contributed by atoms with Gasteiger partial charge in [-0.25, -0.2) is 4.98 Å². The number of carbonyl (C=O) groups is 1. The molecule has 0 aliphatic rings. The number of nitrogens with zero attached hydrogens (tertiary/aromatic N) is 2. The van der Waals surface area contributed by atoms with Crippen LogP contribution in [-0.4, -0.2) is 20.4 Å². The van der Waals surface area contributed by atoms with Gasteiger partial charge < -0.3 is 14.8 Å². The van der Waals surface area contributed by atoms with Gasteiger partial charge in [0.1, 0.15) is 11.4 Å². The molecule has 2 heterocycles. The Labute approximate surface area is 115 Å². The first-order chi connectivity index (χ1) is 9.74. The van der Waals surface area contributed by atoms with E-state index in [2.05, 4.69) is 10.3 Å². The van der Waals surface area contributed by atoms with Crippen LogP contribution in [0.4, 0.5) is 0 Å². The molecule has 1 amide bonds. The second-order valence-electron chi connectivity index (χ2n) is 4.40. The molecule has 0 atom stereocenters. The third kappa shape index (κ3) is 2.33. The molecular weight excluding hydrogens is 254 g/mol. The fourth-order valence-corrected chi connectivity index (χ4v) is 2.00. The molecule has 0 spiro atoms. The number of hydrogen-bond donors (Lipinski definition) is 2. The standard InChI is InChI=1S/C15H13N3O2/c19-13-6-2-1-5-12(13)15(20)16-9-11-10-18-8-4-3-7-14(18)17-11/h1-8,10,19H,9H2,(H,16,20). The van der Waals surface area contributed by atoms with Crippen molar-refractivity contribution in [3.8, 4) is 5.75 Å². The van der Waals surface area contributed by atoms with E-state index in [1.54, 1.807) is 18.2 Å². The van der Waals surface area contributed by atoms with Gasteiger partial charge in [0.25, 0.3) is 5.91 Å². The summed E-state index contributed by atoms with van der Waals surface area (Å²) in [7, 11) is 0. The number of imidazole rings is 1. The van der Waals surface area contributed by atoms with E-state index in [4.69, 9.17) is 0 Å². The summed E-state index contributed by atoms with van der Waals surface area (Å²) in [6, 6.07) is 12.2. The van der Waals surface area contributed by atoms with Crippen molar-refractivity contribution in [1.82, 2.24) is 14.7 Å². The highest BCUT2D eigenvalue weighted by Gasteiger charge is 2.10. The van der Waals surface area contributed by atoms with Crippen LogP contribution < -0.4 is 5.32 Å². The number of nitrogens with one attached hydrogen (secondary N) is 1. The van der Waals surface area contributed by atoms with Gasteiger partial charge >= 0.3 is 0 Å². The summed E-state index contributed by atoms with van der Waals surface area (Å²) in [4.78, 5) is 16.3. The molecule has 3 rings (SSSR count). The minimum absolute atomic E-state index is 0.0278. The maximum atomic E-state index is 11.9. The molecule has 1 aromatic carbocycles. The predicted octanol–water partition coefficient (Wildman–Crippen LogP) is 1.97. The van der Waals surface area contributed by atoms with Crippen LogP contribution in [0.25, 0.3) is 5.65 Å². The molecule has 0 aliphatic carbocycles. The number of carbonyl (C=O) groups excluding carboxylic acids is 1. The second-order valence-corrected chi connectivity index (χ2v) is 4.40. The van der Waals surface area contributed by atoms with Crippen LogP contribution in [0.15, 0.2) is 54.9 Å². The van der Waals surface area contributed by atoms with Crippen LogP contribution in [-0.2, 0) is 6.54 Å². The van der Waals surface area contributed by atoms with Gasteiger partial charge in [-0.1, -0.05) is 18.2 Å². The third-order valence-corrected chi connectivity index (χ3v) is 2.99. The summed E-state index contributed by atoms with van der Waals surface area (Å²) >= 11 is 0. The summed E-state index contributed by atoms with van der Waals surface area (Å²) in [6.45, 7) is 0.314. The summed E-state index contributed by atoms with van der Waals surface area (Å²) in [5.74, 6) is -0.347. The average molecular weight is 267 g/mol. The van der Waals surface area contributed by atoms with Crippen molar-refractivity contribution in [2.75, 3.05) is 0 Å². The van der Waals surface area contributed by atoms with Crippen molar-refractivity contribution in [2.24, 2.45) is 0 Å². The number of aromatic hydroxyl groups is 1. The highest BCUT2D eigenvalue weighted by atomic mass is 16.3. The van der Waals surface area contributed by atoms with E-state index in [1.807, 2.05) is 35.0 Å². The largest absolute Gasteiger partial charge is 0.507 e.